The molecule has 1 aromatic carbocycles. The molecule has 0 saturated heterocycles. The molecule has 0 bridgehead atoms. The van der Waals surface area contributed by atoms with Crippen LogP contribution in [0.25, 0.3) is 0 Å². The van der Waals surface area contributed by atoms with Gasteiger partial charge in [-0.1, -0.05) is 6.07 Å². The number of nitrogens with zero attached hydrogens (tertiary/aromatic N) is 2. The first-order valence-corrected chi connectivity index (χ1v) is 6.03. The van der Waals surface area contributed by atoms with E-state index < -0.39 is 0 Å². The van der Waals surface area contributed by atoms with Gasteiger partial charge in [-0.05, 0) is 30.3 Å². The van der Waals surface area contributed by atoms with Crippen LogP contribution in [-0.4, -0.2) is 17.1 Å². The van der Waals surface area contributed by atoms with Crippen LogP contribution in [0.4, 0.5) is 0 Å². The number of ether oxygens (including phenoxy) is 1. The summed E-state index contributed by atoms with van der Waals surface area (Å²) < 4.78 is 7.37. The Labute approximate surface area is 116 Å². The lowest BCUT2D eigenvalue weighted by molar-refractivity contribution is 0.0953. The van der Waals surface area contributed by atoms with Gasteiger partial charge in [0.05, 0.1) is 6.54 Å². The van der Waals surface area contributed by atoms with Gasteiger partial charge in [0, 0.05) is 11.8 Å². The van der Waals surface area contributed by atoms with Crippen LogP contribution in [0.1, 0.15) is 16.1 Å². The monoisotopic (exact) mass is 270 g/mol. The zero-order valence-corrected chi connectivity index (χ0v) is 10.7. The highest BCUT2D eigenvalue weighted by atomic mass is 16.5. The molecule has 2 rings (SSSR count). The Morgan fingerprint density at radius 2 is 2.25 bits per heavy atom. The highest BCUT2D eigenvalue weighted by molar-refractivity contribution is 5.94. The van der Waals surface area contributed by atoms with E-state index in [1.165, 1.54) is 0 Å². The molecule has 1 amide bonds. The highest BCUT2D eigenvalue weighted by Gasteiger charge is 2.05. The Morgan fingerprint density at radius 1 is 1.40 bits per heavy atom. The summed E-state index contributed by atoms with van der Waals surface area (Å²) in [6.45, 7) is 0.959. The SMILES string of the molecule is N#Cc1cccn1CCOc1cccc(C(=O)NN)c1. The first-order valence-electron chi connectivity index (χ1n) is 6.03. The molecule has 1 heterocycles. The van der Waals surface area contributed by atoms with Gasteiger partial charge in [0.25, 0.3) is 5.91 Å². The molecule has 6 heteroatoms. The van der Waals surface area contributed by atoms with Gasteiger partial charge in [0.15, 0.2) is 0 Å². The van der Waals surface area contributed by atoms with Gasteiger partial charge >= 0.3 is 0 Å². The third kappa shape index (κ3) is 3.16. The van der Waals surface area contributed by atoms with Crippen molar-refractivity contribution in [2.24, 2.45) is 5.84 Å². The number of hydrogen-bond acceptors (Lipinski definition) is 4. The van der Waals surface area contributed by atoms with E-state index in [-0.39, 0.29) is 5.91 Å². The number of nitriles is 1. The number of hydrogen-bond donors (Lipinski definition) is 2. The molecule has 6 nitrogen and oxygen atoms in total. The van der Waals surface area contributed by atoms with Crippen molar-refractivity contribution in [3.05, 3.63) is 53.9 Å². The van der Waals surface area contributed by atoms with E-state index in [1.807, 2.05) is 12.3 Å². The molecule has 3 N–H and O–H groups in total. The fourth-order valence-corrected chi connectivity index (χ4v) is 1.78. The van der Waals surface area contributed by atoms with E-state index in [1.54, 1.807) is 34.9 Å². The molecule has 0 fully saturated rings. The minimum atomic E-state index is -0.368. The lowest BCUT2D eigenvalue weighted by Crippen LogP contribution is -2.29. The fraction of sp³-hybridized carbons (Fsp3) is 0.143. The Kier molecular flexibility index (Phi) is 4.37. The second-order valence-corrected chi connectivity index (χ2v) is 4.05. The molecule has 0 spiro atoms. The topological polar surface area (TPSA) is 93.1 Å². The largest absolute Gasteiger partial charge is 0.492 e. The first-order chi connectivity index (χ1) is 9.74. The van der Waals surface area contributed by atoms with E-state index >= 15 is 0 Å². The predicted molar refractivity (Wildman–Crippen MR) is 72.7 cm³/mol. The summed E-state index contributed by atoms with van der Waals surface area (Å²) in [6.07, 6.45) is 1.82. The van der Waals surface area contributed by atoms with Crippen LogP contribution in [0.15, 0.2) is 42.6 Å². The van der Waals surface area contributed by atoms with Crippen molar-refractivity contribution in [2.75, 3.05) is 6.61 Å². The first kappa shape index (κ1) is 13.6. The smallest absolute Gasteiger partial charge is 0.265 e. The van der Waals surface area contributed by atoms with E-state index in [0.717, 1.165) is 0 Å². The van der Waals surface area contributed by atoms with Gasteiger partial charge < -0.3 is 9.30 Å². The number of hydrazine groups is 1. The number of benzene rings is 1. The average Bonchev–Trinajstić information content (AvgIpc) is 2.94. The number of nitrogen functional groups attached to an aromatic ring is 1. The van der Waals surface area contributed by atoms with Crippen molar-refractivity contribution in [3.8, 4) is 11.8 Å². The zero-order valence-electron chi connectivity index (χ0n) is 10.7. The maximum Gasteiger partial charge on any atom is 0.265 e. The van der Waals surface area contributed by atoms with Crippen LogP contribution >= 0.6 is 0 Å². The summed E-state index contributed by atoms with van der Waals surface area (Å²) >= 11 is 0. The Morgan fingerprint density at radius 3 is 3.00 bits per heavy atom. The molecule has 20 heavy (non-hydrogen) atoms. The number of rotatable bonds is 5. The van der Waals surface area contributed by atoms with E-state index in [2.05, 4.69) is 11.5 Å². The lowest BCUT2D eigenvalue weighted by Gasteiger charge is -2.09. The number of aromatic nitrogens is 1. The second-order valence-electron chi connectivity index (χ2n) is 4.05. The molecule has 0 atom stereocenters. The molecule has 0 aliphatic carbocycles. The third-order valence-electron chi connectivity index (χ3n) is 2.77. The maximum absolute atomic E-state index is 11.4. The number of carbonyl (C=O) groups is 1. The number of nitrogens with one attached hydrogen (secondary N) is 1. The summed E-state index contributed by atoms with van der Waals surface area (Å²) in [5.41, 5.74) is 3.09. The van der Waals surface area contributed by atoms with Crippen molar-refractivity contribution in [1.29, 1.82) is 5.26 Å². The summed E-state index contributed by atoms with van der Waals surface area (Å²) in [5, 5.41) is 8.88. The molecule has 0 aliphatic rings. The van der Waals surface area contributed by atoms with Gasteiger partial charge in [0.2, 0.25) is 0 Å². The fourth-order valence-electron chi connectivity index (χ4n) is 1.78. The molecule has 2 aromatic rings. The second kappa shape index (κ2) is 6.41. The summed E-state index contributed by atoms with van der Waals surface area (Å²) in [4.78, 5) is 11.4. The van der Waals surface area contributed by atoms with Crippen LogP contribution in [0.2, 0.25) is 0 Å². The number of carbonyl (C=O) groups excluding carboxylic acids is 1. The molecule has 0 unspecified atom stereocenters. The van der Waals surface area contributed by atoms with E-state index in [9.17, 15) is 4.79 Å². The molecule has 0 aliphatic heterocycles. The predicted octanol–water partition coefficient (Wildman–Crippen LogP) is 1.04. The average molecular weight is 270 g/mol. The van der Waals surface area contributed by atoms with Gasteiger partial charge in [0.1, 0.15) is 24.1 Å². The quantitative estimate of drug-likeness (QED) is 0.482. The van der Waals surface area contributed by atoms with Crippen LogP contribution in [-0.2, 0) is 6.54 Å². The van der Waals surface area contributed by atoms with Gasteiger partial charge in [-0.25, -0.2) is 5.84 Å². The van der Waals surface area contributed by atoms with Crippen LogP contribution in [0, 0.1) is 11.3 Å². The molecule has 0 radical (unpaired) electrons. The van der Waals surface area contributed by atoms with Gasteiger partial charge in [-0.3, -0.25) is 10.2 Å². The summed E-state index contributed by atoms with van der Waals surface area (Å²) in [7, 11) is 0. The molecule has 1 aromatic heterocycles. The molecule has 0 saturated carbocycles. The minimum absolute atomic E-state index is 0.368. The highest BCUT2D eigenvalue weighted by Crippen LogP contribution is 2.13. The summed E-state index contributed by atoms with van der Waals surface area (Å²) in [5.74, 6) is 5.29. The Hall–Kier alpha value is -2.78. The zero-order chi connectivity index (χ0) is 14.4. The standard InChI is InChI=1S/C14H14N4O2/c15-10-12-4-2-6-18(12)7-8-20-13-5-1-3-11(9-13)14(19)17-16/h1-6,9H,7-8,16H2,(H,17,19). The van der Waals surface area contributed by atoms with Gasteiger partial charge in [-0.2, -0.15) is 5.26 Å². The van der Waals surface area contributed by atoms with Crippen molar-refractivity contribution >= 4 is 5.91 Å². The van der Waals surface area contributed by atoms with Crippen molar-refractivity contribution in [3.63, 3.8) is 0 Å². The number of amides is 1. The van der Waals surface area contributed by atoms with E-state index in [4.69, 9.17) is 15.8 Å². The third-order valence-corrected chi connectivity index (χ3v) is 2.77. The molecular weight excluding hydrogens is 256 g/mol. The van der Waals surface area contributed by atoms with Crippen molar-refractivity contribution in [1.82, 2.24) is 9.99 Å². The van der Waals surface area contributed by atoms with Gasteiger partial charge in [-0.15, -0.1) is 0 Å². The van der Waals surface area contributed by atoms with E-state index in [0.29, 0.717) is 30.2 Å². The maximum atomic E-state index is 11.4. The van der Waals surface area contributed by atoms with Crippen LogP contribution < -0.4 is 16.0 Å². The van der Waals surface area contributed by atoms with Crippen LogP contribution in [0.5, 0.6) is 5.75 Å². The normalized spacial score (nSPS) is 9.80. The Balaban J connectivity index is 1.95. The summed E-state index contributed by atoms with van der Waals surface area (Å²) in [6, 6.07) is 12.4. The Bertz CT molecular complexity index is 643. The van der Waals surface area contributed by atoms with Crippen molar-refractivity contribution in [2.45, 2.75) is 6.54 Å². The minimum Gasteiger partial charge on any atom is -0.492 e. The molecular formula is C14H14N4O2. The number of nitrogens with two attached hydrogens (primary N) is 1. The lowest BCUT2D eigenvalue weighted by atomic mass is 10.2. The molecule has 102 valence electrons. The van der Waals surface area contributed by atoms with Crippen LogP contribution in [0.3, 0.4) is 0 Å². The van der Waals surface area contributed by atoms with Crippen molar-refractivity contribution < 1.29 is 9.53 Å².